The van der Waals surface area contributed by atoms with Gasteiger partial charge in [-0.15, -0.1) is 0 Å². The Morgan fingerprint density at radius 2 is 1.69 bits per heavy atom. The Bertz CT molecular complexity index is 1240. The summed E-state index contributed by atoms with van der Waals surface area (Å²) >= 11 is 0. The number of anilines is 2. The lowest BCUT2D eigenvalue weighted by molar-refractivity contribution is -0.120. The van der Waals surface area contributed by atoms with Crippen LogP contribution in [0.25, 0.3) is 0 Å². The van der Waals surface area contributed by atoms with Gasteiger partial charge in [-0.25, -0.2) is 8.42 Å². The second-order valence-corrected chi connectivity index (χ2v) is 10.5. The topological polar surface area (TPSA) is 79.0 Å². The van der Waals surface area contributed by atoms with Crippen LogP contribution in [0.4, 0.5) is 11.4 Å². The summed E-state index contributed by atoms with van der Waals surface area (Å²) in [5.41, 5.74) is 2.49. The zero-order valence-electron chi connectivity index (χ0n) is 20.1. The minimum Gasteiger partial charge on any atom is -0.497 e. The lowest BCUT2D eigenvalue weighted by Gasteiger charge is -2.25. The summed E-state index contributed by atoms with van der Waals surface area (Å²) < 4.78 is 33.4. The predicted molar refractivity (Wildman–Crippen MR) is 138 cm³/mol. The van der Waals surface area contributed by atoms with Gasteiger partial charge in [0.2, 0.25) is 5.91 Å². The highest BCUT2D eigenvalue weighted by Crippen LogP contribution is 2.27. The van der Waals surface area contributed by atoms with Gasteiger partial charge in [-0.05, 0) is 61.7 Å². The monoisotopic (exact) mass is 493 g/mol. The largest absolute Gasteiger partial charge is 0.497 e. The molecule has 4 rings (SSSR count). The fraction of sp³-hybridized carbons (Fsp3) is 0.296. The van der Waals surface area contributed by atoms with Gasteiger partial charge >= 0.3 is 0 Å². The molecule has 35 heavy (non-hydrogen) atoms. The summed E-state index contributed by atoms with van der Waals surface area (Å²) in [6.07, 6.45) is 2.42. The van der Waals surface area contributed by atoms with Crippen molar-refractivity contribution in [2.75, 3.05) is 35.9 Å². The smallest absolute Gasteiger partial charge is 0.264 e. The van der Waals surface area contributed by atoms with E-state index in [0.717, 1.165) is 23.0 Å². The third kappa shape index (κ3) is 5.77. The Labute approximate surface area is 207 Å². The third-order valence-corrected chi connectivity index (χ3v) is 7.99. The number of amides is 1. The minimum atomic E-state index is -3.98. The summed E-state index contributed by atoms with van der Waals surface area (Å²) in [7, 11) is -2.47. The molecule has 1 aliphatic heterocycles. The van der Waals surface area contributed by atoms with E-state index >= 15 is 0 Å². The molecule has 1 unspecified atom stereocenters. The van der Waals surface area contributed by atoms with Gasteiger partial charge in [0, 0.05) is 24.8 Å². The molecule has 1 saturated heterocycles. The van der Waals surface area contributed by atoms with E-state index in [4.69, 9.17) is 4.74 Å². The average Bonchev–Trinajstić information content (AvgIpc) is 3.43. The second kappa shape index (κ2) is 10.8. The molecule has 1 heterocycles. The Balaban J connectivity index is 1.53. The molecule has 0 aromatic heterocycles. The molecule has 0 aliphatic carbocycles. The number of methoxy groups -OCH3 is 1. The summed E-state index contributed by atoms with van der Waals surface area (Å²) in [6, 6.07) is 22.7. The first-order valence-corrected chi connectivity index (χ1v) is 13.2. The van der Waals surface area contributed by atoms with Crippen LogP contribution < -0.4 is 19.3 Å². The molecule has 0 bridgehead atoms. The highest BCUT2D eigenvalue weighted by Gasteiger charge is 2.28. The van der Waals surface area contributed by atoms with Crippen LogP contribution in [-0.4, -0.2) is 41.1 Å². The van der Waals surface area contributed by atoms with Crippen molar-refractivity contribution in [3.63, 3.8) is 0 Å². The van der Waals surface area contributed by atoms with Crippen LogP contribution in [0.3, 0.4) is 0 Å². The molecule has 1 aliphatic rings. The van der Waals surface area contributed by atoms with Crippen molar-refractivity contribution in [2.24, 2.45) is 0 Å². The van der Waals surface area contributed by atoms with E-state index in [9.17, 15) is 13.2 Å². The highest BCUT2D eigenvalue weighted by atomic mass is 32.2. The Morgan fingerprint density at radius 3 is 2.34 bits per heavy atom. The number of ether oxygens (including phenoxy) is 1. The normalized spacial score (nSPS) is 14.4. The number of sulfonamides is 1. The number of nitrogens with one attached hydrogen (secondary N) is 1. The summed E-state index contributed by atoms with van der Waals surface area (Å²) in [6.45, 7) is 3.67. The molecule has 184 valence electrons. The van der Waals surface area contributed by atoms with Gasteiger partial charge in [0.05, 0.1) is 23.7 Å². The predicted octanol–water partition coefficient (Wildman–Crippen LogP) is 4.37. The minimum absolute atomic E-state index is 0.112. The fourth-order valence-electron chi connectivity index (χ4n) is 4.25. The fourth-order valence-corrected chi connectivity index (χ4v) is 5.68. The van der Waals surface area contributed by atoms with Crippen molar-refractivity contribution in [2.45, 2.75) is 30.7 Å². The van der Waals surface area contributed by atoms with E-state index in [1.54, 1.807) is 42.5 Å². The first-order chi connectivity index (χ1) is 16.9. The molecule has 0 radical (unpaired) electrons. The highest BCUT2D eigenvalue weighted by molar-refractivity contribution is 7.92. The quantitative estimate of drug-likeness (QED) is 0.479. The summed E-state index contributed by atoms with van der Waals surface area (Å²) in [4.78, 5) is 15.5. The van der Waals surface area contributed by atoms with Gasteiger partial charge < -0.3 is 15.0 Å². The maximum atomic E-state index is 13.5. The van der Waals surface area contributed by atoms with Gasteiger partial charge in [-0.1, -0.05) is 36.4 Å². The van der Waals surface area contributed by atoms with Crippen LogP contribution in [0.5, 0.6) is 5.75 Å². The lowest BCUT2D eigenvalue weighted by Crippen LogP contribution is -2.41. The van der Waals surface area contributed by atoms with Crippen molar-refractivity contribution in [1.29, 1.82) is 0 Å². The van der Waals surface area contributed by atoms with Crippen molar-refractivity contribution >= 4 is 27.3 Å². The molecule has 3 aromatic rings. The van der Waals surface area contributed by atoms with Gasteiger partial charge in [-0.2, -0.15) is 0 Å². The van der Waals surface area contributed by atoms with Crippen LogP contribution in [0.1, 0.15) is 31.4 Å². The number of nitrogens with zero attached hydrogens (tertiary/aromatic N) is 2. The maximum Gasteiger partial charge on any atom is 0.264 e. The van der Waals surface area contributed by atoms with E-state index in [1.807, 2.05) is 19.1 Å². The molecule has 1 atom stereocenters. The number of carbonyl (C=O) groups is 1. The van der Waals surface area contributed by atoms with Crippen LogP contribution in [-0.2, 0) is 14.8 Å². The first kappa shape index (κ1) is 24.6. The van der Waals surface area contributed by atoms with Crippen molar-refractivity contribution in [1.82, 2.24) is 5.32 Å². The van der Waals surface area contributed by atoms with E-state index < -0.39 is 15.9 Å². The van der Waals surface area contributed by atoms with Crippen LogP contribution >= 0.6 is 0 Å². The molecule has 1 amide bonds. The zero-order valence-corrected chi connectivity index (χ0v) is 20.9. The molecule has 1 fully saturated rings. The Hall–Kier alpha value is -3.52. The number of benzene rings is 3. The van der Waals surface area contributed by atoms with E-state index in [-0.39, 0.29) is 17.5 Å². The average molecular weight is 494 g/mol. The molecular formula is C27H31N3O4S. The van der Waals surface area contributed by atoms with E-state index in [2.05, 4.69) is 22.3 Å². The molecule has 1 N–H and O–H groups in total. The van der Waals surface area contributed by atoms with Gasteiger partial charge in [-0.3, -0.25) is 9.10 Å². The summed E-state index contributed by atoms with van der Waals surface area (Å²) in [5.74, 6) is 0.103. The molecular weight excluding hydrogens is 462 g/mol. The zero-order chi connectivity index (χ0) is 24.8. The lowest BCUT2D eigenvalue weighted by atomic mass is 10.1. The van der Waals surface area contributed by atoms with Gasteiger partial charge in [0.15, 0.2) is 0 Å². The third-order valence-electron chi connectivity index (χ3n) is 6.20. The molecule has 0 spiro atoms. The van der Waals surface area contributed by atoms with Crippen molar-refractivity contribution in [3.05, 3.63) is 84.4 Å². The Morgan fingerprint density at radius 1 is 1.00 bits per heavy atom. The molecule has 7 nitrogen and oxygen atoms in total. The van der Waals surface area contributed by atoms with Gasteiger partial charge in [0.1, 0.15) is 12.3 Å². The maximum absolute atomic E-state index is 13.5. The van der Waals surface area contributed by atoms with Crippen molar-refractivity contribution in [3.8, 4) is 5.75 Å². The number of hydrogen-bond donors (Lipinski definition) is 1. The Kier molecular flexibility index (Phi) is 7.60. The van der Waals surface area contributed by atoms with Crippen LogP contribution in [0.15, 0.2) is 83.8 Å². The van der Waals surface area contributed by atoms with Crippen LogP contribution in [0, 0.1) is 0 Å². The number of hydrogen-bond acceptors (Lipinski definition) is 5. The van der Waals surface area contributed by atoms with E-state index in [0.29, 0.717) is 11.4 Å². The molecule has 3 aromatic carbocycles. The summed E-state index contributed by atoms with van der Waals surface area (Å²) in [5, 5.41) is 2.95. The SMILES string of the molecule is COc1cccc(N(CC(=O)NC(C)c2ccc(N3CCCC3)cc2)S(=O)(=O)c2ccccc2)c1. The second-order valence-electron chi connectivity index (χ2n) is 8.60. The van der Waals surface area contributed by atoms with E-state index in [1.165, 1.54) is 37.8 Å². The number of rotatable bonds is 9. The first-order valence-electron chi connectivity index (χ1n) is 11.7. The standard InChI is InChI=1S/C27H31N3O4S/c1-21(22-13-15-23(16-14-22)29-17-6-7-18-29)28-27(31)20-30(24-9-8-10-25(19-24)34-2)35(32,33)26-11-4-3-5-12-26/h3-5,8-16,19,21H,6-7,17-18,20H2,1-2H3,(H,28,31). The number of carbonyl (C=O) groups excluding carboxylic acids is 1. The van der Waals surface area contributed by atoms with Gasteiger partial charge in [0.25, 0.3) is 10.0 Å². The molecule has 8 heteroatoms. The van der Waals surface area contributed by atoms with Crippen LogP contribution in [0.2, 0.25) is 0 Å². The molecule has 0 saturated carbocycles. The van der Waals surface area contributed by atoms with Crippen molar-refractivity contribution < 1.29 is 17.9 Å².